The molecule has 1 N–H and O–H groups in total. The van der Waals surface area contributed by atoms with Crippen molar-refractivity contribution in [2.45, 2.75) is 6.92 Å². The van der Waals surface area contributed by atoms with E-state index in [0.29, 0.717) is 0 Å². The third kappa shape index (κ3) is 48.2. The molecular formula is C10H16O5. The van der Waals surface area contributed by atoms with Crippen LogP contribution in [-0.2, 0) is 19.1 Å². The maximum Gasteiger partial charge on any atom is 0.329 e. The largest absolute Gasteiger partial charge is 0.516 e. The van der Waals surface area contributed by atoms with Gasteiger partial charge in [-0.15, -0.1) is 0 Å². The van der Waals surface area contributed by atoms with Crippen molar-refractivity contribution < 1.29 is 24.2 Å². The van der Waals surface area contributed by atoms with E-state index < -0.39 is 5.97 Å². The maximum absolute atomic E-state index is 9.84. The van der Waals surface area contributed by atoms with Crippen molar-refractivity contribution in [3.8, 4) is 0 Å². The Morgan fingerprint density at radius 1 is 1.27 bits per heavy atom. The summed E-state index contributed by atoms with van der Waals surface area (Å²) < 4.78 is 8.31. The lowest BCUT2D eigenvalue weighted by atomic mass is 10.7. The smallest absolute Gasteiger partial charge is 0.329 e. The van der Waals surface area contributed by atoms with Gasteiger partial charge in [0.05, 0.1) is 19.6 Å². The van der Waals surface area contributed by atoms with Gasteiger partial charge in [-0.2, -0.15) is 0 Å². The molecule has 0 saturated heterocycles. The van der Waals surface area contributed by atoms with Crippen molar-refractivity contribution in [3.63, 3.8) is 0 Å². The van der Waals surface area contributed by atoms with Crippen LogP contribution in [0.15, 0.2) is 38.3 Å². The minimum atomic E-state index is -0.394. The number of esters is 2. The molecule has 0 aromatic heterocycles. The lowest BCUT2D eigenvalue weighted by Gasteiger charge is -1.83. The Bertz CT molecular complexity index is 208. The highest BCUT2D eigenvalue weighted by Gasteiger charge is 1.82. The molecule has 0 aliphatic carbocycles. The van der Waals surface area contributed by atoms with Crippen LogP contribution in [0.4, 0.5) is 0 Å². The zero-order valence-electron chi connectivity index (χ0n) is 8.93. The Morgan fingerprint density at radius 2 is 1.67 bits per heavy atom. The third-order valence-corrected chi connectivity index (χ3v) is 0.617. The normalized spacial score (nSPS) is 6.27. The molecule has 0 fully saturated rings. The highest BCUT2D eigenvalue weighted by atomic mass is 16.5. The molecule has 0 atom stereocenters. The topological polar surface area (TPSA) is 72.8 Å². The van der Waals surface area contributed by atoms with Gasteiger partial charge in [0.25, 0.3) is 0 Å². The molecule has 0 radical (unpaired) electrons. The van der Waals surface area contributed by atoms with E-state index in [4.69, 9.17) is 5.11 Å². The van der Waals surface area contributed by atoms with Gasteiger partial charge < -0.3 is 14.6 Å². The molecule has 0 amide bonds. The van der Waals surface area contributed by atoms with Crippen LogP contribution in [0, 0.1) is 0 Å². The average molecular weight is 216 g/mol. The number of rotatable bonds is 2. The molecular weight excluding hydrogens is 200 g/mol. The minimum Gasteiger partial charge on any atom is -0.516 e. The molecule has 0 rings (SSSR count). The van der Waals surface area contributed by atoms with E-state index in [0.717, 1.165) is 18.6 Å². The van der Waals surface area contributed by atoms with E-state index in [1.54, 1.807) is 0 Å². The number of hydrogen-bond acceptors (Lipinski definition) is 5. The lowest BCUT2D eigenvalue weighted by molar-refractivity contribution is -0.136. The summed E-state index contributed by atoms with van der Waals surface area (Å²) in [5, 5.41) is 7.33. The second-order valence-electron chi connectivity index (χ2n) is 1.69. The molecule has 5 heteroatoms. The number of hydrogen-bond donors (Lipinski definition) is 1. The Balaban J connectivity index is -0.000000153. The van der Waals surface area contributed by atoms with E-state index in [9.17, 15) is 9.59 Å². The number of ether oxygens (including phenoxy) is 2. The molecule has 0 bridgehead atoms. The summed E-state index contributed by atoms with van der Waals surface area (Å²) in [7, 11) is 1.31. The van der Waals surface area contributed by atoms with Crippen LogP contribution in [0.25, 0.3) is 0 Å². The van der Waals surface area contributed by atoms with Gasteiger partial charge in [-0.05, 0) is 0 Å². The standard InChI is InChI=1S/2C4H6O2.C2H4O/c1-3-4(5)6-2;1-3-6-4(2)5;1-2-3/h2*3H,1H2,2H3;2-3H,1H2. The number of carbonyl (C=O) groups is 2. The van der Waals surface area contributed by atoms with Gasteiger partial charge in [-0.3, -0.25) is 4.79 Å². The predicted octanol–water partition coefficient (Wildman–Crippen LogP) is 1.73. The van der Waals surface area contributed by atoms with Gasteiger partial charge in [0.15, 0.2) is 0 Å². The first-order valence-electron chi connectivity index (χ1n) is 3.73. The molecule has 0 aliphatic heterocycles. The Hall–Kier alpha value is -2.04. The molecule has 0 aromatic carbocycles. The Kier molecular flexibility index (Phi) is 22.3. The summed E-state index contributed by atoms with van der Waals surface area (Å²) in [4.78, 5) is 19.6. The first-order chi connectivity index (χ1) is 6.99. The molecule has 86 valence electrons. The van der Waals surface area contributed by atoms with Crippen LogP contribution >= 0.6 is 0 Å². The fraction of sp³-hybridized carbons (Fsp3) is 0.200. The first kappa shape index (κ1) is 18.7. The van der Waals surface area contributed by atoms with Crippen molar-refractivity contribution in [2.75, 3.05) is 7.11 Å². The monoisotopic (exact) mass is 216 g/mol. The molecule has 0 unspecified atom stereocenters. The highest BCUT2D eigenvalue weighted by Crippen LogP contribution is 1.70. The van der Waals surface area contributed by atoms with Crippen LogP contribution in [-0.4, -0.2) is 24.2 Å². The van der Waals surface area contributed by atoms with Gasteiger partial charge in [0.2, 0.25) is 0 Å². The highest BCUT2D eigenvalue weighted by molar-refractivity contribution is 5.80. The van der Waals surface area contributed by atoms with Crippen molar-refractivity contribution in [3.05, 3.63) is 38.3 Å². The minimum absolute atomic E-state index is 0.329. The number of carbonyl (C=O) groups excluding carboxylic acids is 2. The average Bonchev–Trinajstić information content (AvgIpc) is 2.18. The third-order valence-electron chi connectivity index (χ3n) is 0.617. The van der Waals surface area contributed by atoms with Crippen LogP contribution in [0.5, 0.6) is 0 Å². The predicted molar refractivity (Wildman–Crippen MR) is 57.0 cm³/mol. The number of methoxy groups -OCH3 is 1. The molecule has 0 heterocycles. The molecule has 5 nitrogen and oxygen atoms in total. The van der Waals surface area contributed by atoms with E-state index in [-0.39, 0.29) is 5.97 Å². The number of aliphatic hydroxyl groups is 1. The number of aliphatic hydroxyl groups excluding tert-OH is 1. The molecule has 0 spiro atoms. The van der Waals surface area contributed by atoms with E-state index in [1.807, 2.05) is 0 Å². The fourth-order valence-corrected chi connectivity index (χ4v) is 0.201. The van der Waals surface area contributed by atoms with Crippen molar-refractivity contribution in [1.29, 1.82) is 0 Å². The van der Waals surface area contributed by atoms with E-state index >= 15 is 0 Å². The zero-order chi connectivity index (χ0) is 12.7. The Labute approximate surface area is 89.3 Å². The molecule has 15 heavy (non-hydrogen) atoms. The van der Waals surface area contributed by atoms with Gasteiger partial charge >= 0.3 is 11.9 Å². The summed E-state index contributed by atoms with van der Waals surface area (Å²) in [5.74, 6) is -0.722. The SMILES string of the molecule is C=CC(=O)OC.C=CO.C=COC(C)=O. The van der Waals surface area contributed by atoms with Crippen molar-refractivity contribution in [1.82, 2.24) is 0 Å². The fourth-order valence-electron chi connectivity index (χ4n) is 0.201. The summed E-state index contributed by atoms with van der Waals surface area (Å²) in [6.45, 7) is 10.6. The summed E-state index contributed by atoms with van der Waals surface area (Å²) in [6.07, 6.45) is 2.96. The van der Waals surface area contributed by atoms with Crippen LogP contribution in [0.2, 0.25) is 0 Å². The second kappa shape index (κ2) is 17.9. The molecule has 0 aromatic rings. The van der Waals surface area contributed by atoms with Crippen molar-refractivity contribution >= 4 is 11.9 Å². The summed E-state index contributed by atoms with van der Waals surface area (Å²) in [6, 6.07) is 0. The van der Waals surface area contributed by atoms with E-state index in [2.05, 4.69) is 29.2 Å². The lowest BCUT2D eigenvalue weighted by Crippen LogP contribution is -1.91. The maximum atomic E-state index is 9.84. The van der Waals surface area contributed by atoms with Crippen LogP contribution in [0.1, 0.15) is 6.92 Å². The summed E-state index contributed by atoms with van der Waals surface area (Å²) >= 11 is 0. The first-order valence-corrected chi connectivity index (χ1v) is 3.73. The molecule has 0 saturated carbocycles. The second-order valence-corrected chi connectivity index (χ2v) is 1.69. The zero-order valence-corrected chi connectivity index (χ0v) is 8.93. The van der Waals surface area contributed by atoms with Gasteiger partial charge in [-0.1, -0.05) is 19.7 Å². The van der Waals surface area contributed by atoms with Crippen molar-refractivity contribution in [2.24, 2.45) is 0 Å². The van der Waals surface area contributed by atoms with Gasteiger partial charge in [-0.25, -0.2) is 4.79 Å². The quantitative estimate of drug-likeness (QED) is 0.432. The van der Waals surface area contributed by atoms with Gasteiger partial charge in [0, 0.05) is 13.0 Å². The van der Waals surface area contributed by atoms with Crippen LogP contribution in [0.3, 0.4) is 0 Å². The van der Waals surface area contributed by atoms with Gasteiger partial charge in [0.1, 0.15) is 0 Å². The molecule has 0 aliphatic rings. The van der Waals surface area contributed by atoms with E-state index in [1.165, 1.54) is 14.0 Å². The Morgan fingerprint density at radius 3 is 1.67 bits per heavy atom. The van der Waals surface area contributed by atoms with Crippen LogP contribution < -0.4 is 0 Å². The summed E-state index contributed by atoms with van der Waals surface area (Å²) in [5.41, 5.74) is 0.